The van der Waals surface area contributed by atoms with Crippen LogP contribution >= 0.6 is 0 Å². The van der Waals surface area contributed by atoms with Crippen molar-refractivity contribution in [3.63, 3.8) is 0 Å². The van der Waals surface area contributed by atoms with E-state index in [2.05, 4.69) is 48.1 Å². The van der Waals surface area contributed by atoms with Gasteiger partial charge in [0.1, 0.15) is 5.82 Å². The van der Waals surface area contributed by atoms with Crippen molar-refractivity contribution in [1.29, 1.82) is 0 Å². The second-order valence-corrected chi connectivity index (χ2v) is 8.23. The van der Waals surface area contributed by atoms with Crippen LogP contribution in [-0.2, 0) is 11.3 Å². The maximum absolute atomic E-state index is 5.83. The van der Waals surface area contributed by atoms with Crippen molar-refractivity contribution in [3.8, 4) is 0 Å². The molecule has 0 bridgehead atoms. The van der Waals surface area contributed by atoms with Gasteiger partial charge in [-0.05, 0) is 65.2 Å². The zero-order valence-electron chi connectivity index (χ0n) is 16.1. The lowest BCUT2D eigenvalue weighted by molar-refractivity contribution is -0.0718. The van der Waals surface area contributed by atoms with Gasteiger partial charge in [-0.15, -0.1) is 0 Å². The Bertz CT molecular complexity index is 548. The Morgan fingerprint density at radius 3 is 3.00 bits per heavy atom. The number of likely N-dealkylation sites (N-methyl/N-ethyl adjacent to an activating group) is 1. The number of anilines is 1. The van der Waals surface area contributed by atoms with Crippen molar-refractivity contribution in [3.05, 3.63) is 23.9 Å². The van der Waals surface area contributed by atoms with Gasteiger partial charge in [-0.2, -0.15) is 0 Å². The van der Waals surface area contributed by atoms with Crippen LogP contribution in [0, 0.1) is 5.92 Å². The van der Waals surface area contributed by atoms with Crippen molar-refractivity contribution in [2.45, 2.75) is 45.3 Å². The highest BCUT2D eigenvalue weighted by atomic mass is 16.5. The molecular weight excluding hydrogens is 312 g/mol. The third-order valence-corrected chi connectivity index (χ3v) is 5.43. The Labute approximate surface area is 152 Å². The molecule has 3 rings (SSSR count). The zero-order valence-corrected chi connectivity index (χ0v) is 16.1. The monoisotopic (exact) mass is 346 g/mol. The molecule has 1 aromatic heterocycles. The summed E-state index contributed by atoms with van der Waals surface area (Å²) in [5, 5.41) is 3.68. The van der Waals surface area contributed by atoms with E-state index in [1.54, 1.807) is 0 Å². The van der Waals surface area contributed by atoms with E-state index in [1.807, 2.05) is 6.20 Å². The lowest BCUT2D eigenvalue weighted by atomic mass is 9.88. The van der Waals surface area contributed by atoms with Gasteiger partial charge in [0.15, 0.2) is 0 Å². The van der Waals surface area contributed by atoms with Gasteiger partial charge in [-0.3, -0.25) is 0 Å². The van der Waals surface area contributed by atoms with Crippen LogP contribution in [0.2, 0.25) is 0 Å². The fourth-order valence-corrected chi connectivity index (χ4v) is 4.05. The average molecular weight is 347 g/mol. The van der Waals surface area contributed by atoms with Crippen LogP contribution in [0.5, 0.6) is 0 Å². The van der Waals surface area contributed by atoms with E-state index < -0.39 is 0 Å². The van der Waals surface area contributed by atoms with E-state index in [-0.39, 0.29) is 5.60 Å². The zero-order chi connectivity index (χ0) is 17.7. The van der Waals surface area contributed by atoms with Gasteiger partial charge < -0.3 is 19.9 Å². The molecule has 1 aromatic rings. The molecule has 0 spiro atoms. The highest BCUT2D eigenvalue weighted by Gasteiger charge is 2.28. The van der Waals surface area contributed by atoms with Gasteiger partial charge in [0.05, 0.1) is 5.60 Å². The van der Waals surface area contributed by atoms with Crippen molar-refractivity contribution < 1.29 is 4.74 Å². The highest BCUT2D eigenvalue weighted by molar-refractivity contribution is 5.46. The molecule has 140 valence electrons. The SMILES string of the molecule is CN1CCCN(c2ncccc2CNC[C@H]2CCOC(C)(C)C2)CC1. The molecule has 0 amide bonds. The van der Waals surface area contributed by atoms with Gasteiger partial charge in [0, 0.05) is 44.5 Å². The third-order valence-electron chi connectivity index (χ3n) is 5.43. The predicted molar refractivity (Wildman–Crippen MR) is 103 cm³/mol. The molecule has 2 saturated heterocycles. The number of aromatic nitrogens is 1. The van der Waals surface area contributed by atoms with Crippen LogP contribution in [-0.4, -0.2) is 61.9 Å². The summed E-state index contributed by atoms with van der Waals surface area (Å²) in [6, 6.07) is 4.28. The number of rotatable bonds is 5. The van der Waals surface area contributed by atoms with E-state index >= 15 is 0 Å². The predicted octanol–water partition coefficient (Wildman–Crippen LogP) is 2.52. The minimum absolute atomic E-state index is 0.0299. The number of hydrogen-bond acceptors (Lipinski definition) is 5. The summed E-state index contributed by atoms with van der Waals surface area (Å²) in [6.45, 7) is 11.7. The molecule has 5 heteroatoms. The maximum atomic E-state index is 5.83. The number of nitrogens with zero attached hydrogens (tertiary/aromatic N) is 3. The molecule has 5 nitrogen and oxygen atoms in total. The molecule has 0 saturated carbocycles. The Balaban J connectivity index is 1.56. The van der Waals surface area contributed by atoms with Crippen molar-refractivity contribution in [2.75, 3.05) is 51.3 Å². The van der Waals surface area contributed by atoms with E-state index in [1.165, 1.54) is 18.5 Å². The second-order valence-electron chi connectivity index (χ2n) is 8.23. The first-order valence-corrected chi connectivity index (χ1v) is 9.75. The summed E-state index contributed by atoms with van der Waals surface area (Å²) >= 11 is 0. The van der Waals surface area contributed by atoms with Crippen LogP contribution in [0.25, 0.3) is 0 Å². The fourth-order valence-electron chi connectivity index (χ4n) is 4.05. The summed E-state index contributed by atoms with van der Waals surface area (Å²) in [5.41, 5.74) is 1.35. The van der Waals surface area contributed by atoms with Gasteiger partial charge in [0.2, 0.25) is 0 Å². The largest absolute Gasteiger partial charge is 0.376 e. The van der Waals surface area contributed by atoms with Crippen LogP contribution in [0.15, 0.2) is 18.3 Å². The molecule has 2 aliphatic rings. The van der Waals surface area contributed by atoms with Gasteiger partial charge in [0.25, 0.3) is 0 Å². The third kappa shape index (κ3) is 5.40. The second kappa shape index (κ2) is 8.47. The van der Waals surface area contributed by atoms with E-state index in [0.29, 0.717) is 5.92 Å². The molecule has 25 heavy (non-hydrogen) atoms. The topological polar surface area (TPSA) is 40.6 Å². The lowest BCUT2D eigenvalue weighted by Crippen LogP contribution is -2.38. The van der Waals surface area contributed by atoms with Gasteiger partial charge in [-0.25, -0.2) is 4.98 Å². The average Bonchev–Trinajstić information content (AvgIpc) is 2.79. The summed E-state index contributed by atoms with van der Waals surface area (Å²) in [7, 11) is 2.21. The van der Waals surface area contributed by atoms with E-state index in [0.717, 1.165) is 58.0 Å². The smallest absolute Gasteiger partial charge is 0.133 e. The Kier molecular flexibility index (Phi) is 6.31. The number of hydrogen-bond donors (Lipinski definition) is 1. The molecule has 3 heterocycles. The van der Waals surface area contributed by atoms with Gasteiger partial charge >= 0.3 is 0 Å². The van der Waals surface area contributed by atoms with Gasteiger partial charge in [-0.1, -0.05) is 6.07 Å². The van der Waals surface area contributed by atoms with Crippen molar-refractivity contribution in [2.24, 2.45) is 5.92 Å². The number of ether oxygens (including phenoxy) is 1. The molecule has 2 aliphatic heterocycles. The van der Waals surface area contributed by atoms with Crippen LogP contribution in [0.4, 0.5) is 5.82 Å². The minimum Gasteiger partial charge on any atom is -0.376 e. The first-order chi connectivity index (χ1) is 12.0. The summed E-state index contributed by atoms with van der Waals surface area (Å²) < 4.78 is 5.83. The van der Waals surface area contributed by atoms with Crippen LogP contribution in [0.1, 0.15) is 38.7 Å². The summed E-state index contributed by atoms with van der Waals surface area (Å²) in [5.74, 6) is 1.87. The Hall–Kier alpha value is -1.17. The minimum atomic E-state index is 0.0299. The lowest BCUT2D eigenvalue weighted by Gasteiger charge is -2.35. The molecule has 0 unspecified atom stereocenters. The van der Waals surface area contributed by atoms with Crippen LogP contribution in [0.3, 0.4) is 0 Å². The molecule has 2 fully saturated rings. The summed E-state index contributed by atoms with van der Waals surface area (Å²) in [4.78, 5) is 9.57. The highest BCUT2D eigenvalue weighted by Crippen LogP contribution is 2.28. The van der Waals surface area contributed by atoms with Crippen molar-refractivity contribution in [1.82, 2.24) is 15.2 Å². The number of nitrogens with one attached hydrogen (secondary N) is 1. The Morgan fingerprint density at radius 1 is 1.28 bits per heavy atom. The first-order valence-electron chi connectivity index (χ1n) is 9.75. The molecular formula is C20H34N4O. The molecule has 0 aliphatic carbocycles. The molecule has 1 N–H and O–H groups in total. The molecule has 1 atom stereocenters. The van der Waals surface area contributed by atoms with Crippen LogP contribution < -0.4 is 10.2 Å². The van der Waals surface area contributed by atoms with Crippen molar-refractivity contribution >= 4 is 5.82 Å². The quantitative estimate of drug-likeness (QED) is 0.887. The molecule has 0 aromatic carbocycles. The standard InChI is InChI=1S/C20H34N4O/c1-20(2)14-17(7-13-25-20)15-21-16-18-6-4-8-22-19(18)24-10-5-9-23(3)11-12-24/h4,6,8,17,21H,5,7,9-16H2,1-3H3/t17-/m0/s1. The number of pyridine rings is 1. The van der Waals surface area contributed by atoms with E-state index in [9.17, 15) is 0 Å². The Morgan fingerprint density at radius 2 is 2.16 bits per heavy atom. The molecule has 0 radical (unpaired) electrons. The van der Waals surface area contributed by atoms with E-state index in [4.69, 9.17) is 9.72 Å². The normalized spacial score (nSPS) is 24.9. The fraction of sp³-hybridized carbons (Fsp3) is 0.750. The first kappa shape index (κ1) is 18.6. The maximum Gasteiger partial charge on any atom is 0.133 e. The summed E-state index contributed by atoms with van der Waals surface area (Å²) in [6.07, 6.45) is 5.43.